The zero-order valence-corrected chi connectivity index (χ0v) is 16.5. The maximum atomic E-state index is 12.4. The Morgan fingerprint density at radius 1 is 1.03 bits per heavy atom. The lowest BCUT2D eigenvalue weighted by Gasteiger charge is -2.08. The molecule has 156 valence electrons. The number of nitro benzene ring substituents is 1. The Morgan fingerprint density at radius 3 is 2.55 bits per heavy atom. The van der Waals surface area contributed by atoms with Crippen LogP contribution in [-0.2, 0) is 0 Å². The minimum Gasteiger partial charge on any atom is -0.507 e. The van der Waals surface area contributed by atoms with Crippen molar-refractivity contribution in [3.63, 3.8) is 0 Å². The summed E-state index contributed by atoms with van der Waals surface area (Å²) in [5.74, 6) is -1.25. The van der Waals surface area contributed by atoms with E-state index < -0.39 is 16.7 Å². The first-order valence-electron chi connectivity index (χ1n) is 8.82. The van der Waals surface area contributed by atoms with E-state index in [4.69, 9.17) is 11.6 Å². The number of carbonyl (C=O) groups is 2. The molecule has 2 amide bonds. The highest BCUT2D eigenvalue weighted by atomic mass is 35.5. The second-order valence-corrected chi connectivity index (χ2v) is 6.62. The number of rotatable bonds is 6. The molecule has 0 aliphatic carbocycles. The van der Waals surface area contributed by atoms with Crippen LogP contribution in [0.5, 0.6) is 5.75 Å². The molecule has 3 N–H and O–H groups in total. The molecule has 0 radical (unpaired) electrons. The second kappa shape index (κ2) is 9.51. The molecule has 0 spiro atoms. The molecule has 31 heavy (non-hydrogen) atoms. The van der Waals surface area contributed by atoms with Crippen molar-refractivity contribution in [1.82, 2.24) is 5.43 Å². The summed E-state index contributed by atoms with van der Waals surface area (Å²) in [7, 11) is 0. The van der Waals surface area contributed by atoms with Gasteiger partial charge in [-0.3, -0.25) is 19.7 Å². The Hall–Kier alpha value is -4.24. The number of anilines is 1. The van der Waals surface area contributed by atoms with Crippen LogP contribution in [0.3, 0.4) is 0 Å². The summed E-state index contributed by atoms with van der Waals surface area (Å²) in [6.45, 7) is 0. The van der Waals surface area contributed by atoms with E-state index in [0.717, 1.165) is 24.4 Å². The van der Waals surface area contributed by atoms with Crippen molar-refractivity contribution in [2.75, 3.05) is 5.32 Å². The quantitative estimate of drug-likeness (QED) is 0.304. The number of nitrogens with one attached hydrogen (secondary N) is 2. The first-order valence-corrected chi connectivity index (χ1v) is 9.19. The topological polar surface area (TPSA) is 134 Å². The Morgan fingerprint density at radius 2 is 1.81 bits per heavy atom. The second-order valence-electron chi connectivity index (χ2n) is 6.21. The SMILES string of the molecule is O=C(NN=Cc1cc([N+](=O)[O-])ccc1O)c1cccc(NC(=O)c2ccccc2Cl)c1. The molecule has 0 fully saturated rings. The molecule has 0 saturated heterocycles. The van der Waals surface area contributed by atoms with E-state index in [1.165, 1.54) is 12.1 Å². The van der Waals surface area contributed by atoms with Gasteiger partial charge in [0.1, 0.15) is 5.75 Å². The fourth-order valence-electron chi connectivity index (χ4n) is 2.57. The Bertz CT molecular complexity index is 1200. The molecule has 0 saturated carbocycles. The third-order valence-electron chi connectivity index (χ3n) is 4.09. The number of phenolic OH excluding ortho intramolecular Hbond substituents is 1. The number of aromatic hydroxyl groups is 1. The number of hydrazone groups is 1. The first-order chi connectivity index (χ1) is 14.8. The first kappa shape index (κ1) is 21.5. The molecule has 0 bridgehead atoms. The summed E-state index contributed by atoms with van der Waals surface area (Å²) >= 11 is 6.02. The molecule has 0 aliphatic heterocycles. The van der Waals surface area contributed by atoms with Crippen molar-refractivity contribution in [1.29, 1.82) is 0 Å². The van der Waals surface area contributed by atoms with E-state index in [9.17, 15) is 24.8 Å². The molecular formula is C21H15ClN4O5. The number of nitrogens with zero attached hydrogens (tertiary/aromatic N) is 2. The van der Waals surface area contributed by atoms with Crippen LogP contribution >= 0.6 is 11.6 Å². The van der Waals surface area contributed by atoms with Crippen molar-refractivity contribution in [3.8, 4) is 5.75 Å². The zero-order chi connectivity index (χ0) is 22.4. The predicted octanol–water partition coefficient (Wildman–Crippen LogP) is 3.97. The molecule has 0 unspecified atom stereocenters. The van der Waals surface area contributed by atoms with Crippen molar-refractivity contribution < 1.29 is 19.6 Å². The van der Waals surface area contributed by atoms with E-state index in [0.29, 0.717) is 16.3 Å². The normalized spacial score (nSPS) is 10.6. The number of hydrogen-bond donors (Lipinski definition) is 3. The minimum atomic E-state index is -0.613. The van der Waals surface area contributed by atoms with Crippen LogP contribution in [-0.4, -0.2) is 28.1 Å². The third-order valence-corrected chi connectivity index (χ3v) is 4.42. The Balaban J connectivity index is 1.69. The van der Waals surface area contributed by atoms with Gasteiger partial charge in [-0.15, -0.1) is 0 Å². The molecule has 9 nitrogen and oxygen atoms in total. The van der Waals surface area contributed by atoms with Crippen LogP contribution in [0, 0.1) is 10.1 Å². The fourth-order valence-corrected chi connectivity index (χ4v) is 2.79. The largest absolute Gasteiger partial charge is 0.507 e. The smallest absolute Gasteiger partial charge is 0.271 e. The lowest BCUT2D eigenvalue weighted by molar-refractivity contribution is -0.384. The van der Waals surface area contributed by atoms with E-state index in [-0.39, 0.29) is 22.6 Å². The standard InChI is InChI=1S/C21H15ClN4O5/c22-18-7-2-1-6-17(18)21(29)24-15-5-3-4-13(10-15)20(28)25-23-12-14-11-16(26(30)31)8-9-19(14)27/h1-12,27H,(H,24,29)(H,25,28). The highest BCUT2D eigenvalue weighted by molar-refractivity contribution is 6.34. The molecular weight excluding hydrogens is 424 g/mol. The summed E-state index contributed by atoms with van der Waals surface area (Å²) in [5, 5.41) is 27.3. The molecule has 10 heteroatoms. The fraction of sp³-hybridized carbons (Fsp3) is 0. The summed E-state index contributed by atoms with van der Waals surface area (Å²) in [6.07, 6.45) is 1.09. The van der Waals surface area contributed by atoms with Gasteiger partial charge in [0.25, 0.3) is 17.5 Å². The number of non-ortho nitro benzene ring substituents is 1. The van der Waals surface area contributed by atoms with E-state index in [1.807, 2.05) is 0 Å². The zero-order valence-electron chi connectivity index (χ0n) is 15.8. The number of benzene rings is 3. The van der Waals surface area contributed by atoms with Gasteiger partial charge in [0, 0.05) is 28.9 Å². The summed E-state index contributed by atoms with van der Waals surface area (Å²) in [4.78, 5) is 34.9. The molecule has 3 rings (SSSR count). The number of nitro groups is 1. The minimum absolute atomic E-state index is 0.0650. The number of carbonyl (C=O) groups excluding carboxylic acids is 2. The van der Waals surface area contributed by atoms with E-state index >= 15 is 0 Å². The maximum Gasteiger partial charge on any atom is 0.271 e. The van der Waals surface area contributed by atoms with Crippen LogP contribution in [0.15, 0.2) is 71.8 Å². The van der Waals surface area contributed by atoms with Gasteiger partial charge in [0.05, 0.1) is 21.7 Å². The number of hydrogen-bond acceptors (Lipinski definition) is 6. The number of phenols is 1. The van der Waals surface area contributed by atoms with Gasteiger partial charge in [-0.2, -0.15) is 5.10 Å². The molecule has 0 heterocycles. The van der Waals surface area contributed by atoms with Crippen molar-refractivity contribution in [2.24, 2.45) is 5.10 Å². The van der Waals surface area contributed by atoms with Gasteiger partial charge >= 0.3 is 0 Å². The van der Waals surface area contributed by atoms with Crippen LogP contribution in [0.25, 0.3) is 0 Å². The monoisotopic (exact) mass is 438 g/mol. The Kier molecular flexibility index (Phi) is 6.58. The van der Waals surface area contributed by atoms with Crippen LogP contribution < -0.4 is 10.7 Å². The highest BCUT2D eigenvalue weighted by Crippen LogP contribution is 2.21. The average molecular weight is 439 g/mol. The van der Waals surface area contributed by atoms with Gasteiger partial charge < -0.3 is 10.4 Å². The lowest BCUT2D eigenvalue weighted by atomic mass is 10.1. The summed E-state index contributed by atoms with van der Waals surface area (Å²) in [5.41, 5.74) is 2.97. The third kappa shape index (κ3) is 5.43. The van der Waals surface area contributed by atoms with Crippen LogP contribution in [0.1, 0.15) is 26.3 Å². The average Bonchev–Trinajstić information content (AvgIpc) is 2.75. The van der Waals surface area contributed by atoms with Gasteiger partial charge in [-0.25, -0.2) is 5.43 Å². The van der Waals surface area contributed by atoms with Gasteiger partial charge in [-0.05, 0) is 36.4 Å². The molecule has 0 atom stereocenters. The van der Waals surface area contributed by atoms with Crippen molar-refractivity contribution >= 4 is 41.0 Å². The molecule has 0 aliphatic rings. The van der Waals surface area contributed by atoms with Crippen LogP contribution in [0.4, 0.5) is 11.4 Å². The highest BCUT2D eigenvalue weighted by Gasteiger charge is 2.12. The van der Waals surface area contributed by atoms with E-state index in [2.05, 4.69) is 15.8 Å². The number of amides is 2. The maximum absolute atomic E-state index is 12.4. The van der Waals surface area contributed by atoms with Gasteiger partial charge in [0.15, 0.2) is 0 Å². The molecule has 3 aromatic carbocycles. The molecule has 3 aromatic rings. The summed E-state index contributed by atoms with van der Waals surface area (Å²) in [6, 6.07) is 16.1. The van der Waals surface area contributed by atoms with Gasteiger partial charge in [0.2, 0.25) is 0 Å². The van der Waals surface area contributed by atoms with Gasteiger partial charge in [-0.1, -0.05) is 29.8 Å². The predicted molar refractivity (Wildman–Crippen MR) is 116 cm³/mol. The molecule has 0 aromatic heterocycles. The summed E-state index contributed by atoms with van der Waals surface area (Å²) < 4.78 is 0. The Labute approximate surface area is 181 Å². The van der Waals surface area contributed by atoms with Crippen molar-refractivity contribution in [3.05, 3.63) is 98.6 Å². The van der Waals surface area contributed by atoms with Crippen molar-refractivity contribution in [2.45, 2.75) is 0 Å². The lowest BCUT2D eigenvalue weighted by Crippen LogP contribution is -2.18. The van der Waals surface area contributed by atoms with E-state index in [1.54, 1.807) is 36.4 Å². The number of halogens is 1. The van der Waals surface area contributed by atoms with Crippen LogP contribution in [0.2, 0.25) is 5.02 Å².